The van der Waals surface area contributed by atoms with Gasteiger partial charge < -0.3 is 10.4 Å². The minimum atomic E-state index is 0.185. The van der Waals surface area contributed by atoms with Crippen LogP contribution in [0.25, 0.3) is 10.2 Å². The van der Waals surface area contributed by atoms with Crippen molar-refractivity contribution < 1.29 is 5.11 Å². The van der Waals surface area contributed by atoms with E-state index in [0.717, 1.165) is 16.0 Å². The molecule has 4 nitrogen and oxygen atoms in total. The van der Waals surface area contributed by atoms with E-state index >= 15 is 0 Å². The zero-order valence-electron chi connectivity index (χ0n) is 10.3. The number of nitrogens with one attached hydrogen (secondary N) is 1. The van der Waals surface area contributed by atoms with Crippen LogP contribution in [0, 0.1) is 13.8 Å². The summed E-state index contributed by atoms with van der Waals surface area (Å²) in [5.74, 6) is 0.873. The number of aromatic nitrogens is 2. The van der Waals surface area contributed by atoms with Crippen LogP contribution >= 0.6 is 11.3 Å². The van der Waals surface area contributed by atoms with Crippen molar-refractivity contribution in [3.05, 3.63) is 16.8 Å². The molecule has 17 heavy (non-hydrogen) atoms. The highest BCUT2D eigenvalue weighted by molar-refractivity contribution is 7.18. The Morgan fingerprint density at radius 2 is 2.18 bits per heavy atom. The summed E-state index contributed by atoms with van der Waals surface area (Å²) in [5, 5.41) is 13.4. The summed E-state index contributed by atoms with van der Waals surface area (Å²) in [6.07, 6.45) is 2.30. The fourth-order valence-electron chi connectivity index (χ4n) is 1.79. The average molecular weight is 251 g/mol. The number of hydrogen-bond donors (Lipinski definition) is 2. The third-order valence-electron chi connectivity index (χ3n) is 2.91. The maximum Gasteiger partial charge on any atom is 0.138 e. The maximum absolute atomic E-state index is 8.92. The molecule has 2 rings (SSSR count). The third kappa shape index (κ3) is 2.40. The molecule has 0 spiro atoms. The van der Waals surface area contributed by atoms with Crippen LogP contribution in [0.3, 0.4) is 0 Å². The molecule has 0 aromatic carbocycles. The maximum atomic E-state index is 8.92. The molecule has 2 aromatic rings. The molecule has 0 radical (unpaired) electrons. The Bertz CT molecular complexity index is 524. The molecule has 0 aliphatic rings. The highest BCUT2D eigenvalue weighted by Gasteiger charge is 2.13. The Balaban J connectivity index is 2.40. The second-order valence-corrected chi connectivity index (χ2v) is 5.45. The second kappa shape index (κ2) is 4.98. The Labute approximate surface area is 105 Å². The first-order chi connectivity index (χ1) is 8.13. The van der Waals surface area contributed by atoms with Crippen LogP contribution in [0.4, 0.5) is 5.82 Å². The lowest BCUT2D eigenvalue weighted by molar-refractivity contribution is 0.282. The van der Waals surface area contributed by atoms with Gasteiger partial charge in [-0.15, -0.1) is 11.3 Å². The van der Waals surface area contributed by atoms with Gasteiger partial charge in [-0.05, 0) is 32.8 Å². The van der Waals surface area contributed by atoms with Crippen molar-refractivity contribution in [3.63, 3.8) is 0 Å². The molecule has 0 aliphatic heterocycles. The molecular weight excluding hydrogens is 234 g/mol. The highest BCUT2D eigenvalue weighted by atomic mass is 32.1. The first-order valence-corrected chi connectivity index (χ1v) is 6.53. The molecule has 2 N–H and O–H groups in total. The van der Waals surface area contributed by atoms with Gasteiger partial charge in [-0.2, -0.15) is 0 Å². The zero-order chi connectivity index (χ0) is 12.4. The van der Waals surface area contributed by atoms with Crippen molar-refractivity contribution in [2.75, 3.05) is 11.9 Å². The van der Waals surface area contributed by atoms with Gasteiger partial charge in [0.1, 0.15) is 17.0 Å². The van der Waals surface area contributed by atoms with Crippen LogP contribution in [0.1, 0.15) is 23.8 Å². The lowest BCUT2D eigenvalue weighted by atomic mass is 10.2. The largest absolute Gasteiger partial charge is 0.396 e. The van der Waals surface area contributed by atoms with Gasteiger partial charge >= 0.3 is 0 Å². The predicted octanol–water partition coefficient (Wildman–Crippen LogP) is 2.49. The van der Waals surface area contributed by atoms with E-state index in [4.69, 9.17) is 5.11 Å². The first kappa shape index (κ1) is 12.3. The number of aliphatic hydroxyl groups excluding tert-OH is 1. The van der Waals surface area contributed by atoms with Gasteiger partial charge in [-0.1, -0.05) is 0 Å². The summed E-state index contributed by atoms with van der Waals surface area (Å²) in [6, 6.07) is 0.206. The van der Waals surface area contributed by atoms with Crippen LogP contribution in [0.5, 0.6) is 0 Å². The molecule has 0 bridgehead atoms. The molecule has 0 amide bonds. The van der Waals surface area contributed by atoms with Crippen molar-refractivity contribution in [1.82, 2.24) is 9.97 Å². The van der Waals surface area contributed by atoms with Crippen LogP contribution in [0.15, 0.2) is 6.33 Å². The summed E-state index contributed by atoms with van der Waals surface area (Å²) in [5.41, 5.74) is 1.24. The van der Waals surface area contributed by atoms with Crippen LogP contribution in [0.2, 0.25) is 0 Å². The van der Waals surface area contributed by atoms with Gasteiger partial charge in [0.05, 0.1) is 5.39 Å². The molecule has 1 unspecified atom stereocenters. The molecule has 0 fully saturated rings. The summed E-state index contributed by atoms with van der Waals surface area (Å²) < 4.78 is 0. The van der Waals surface area contributed by atoms with Gasteiger partial charge in [-0.25, -0.2) is 9.97 Å². The standard InChI is InChI=1S/C12H17N3OS/c1-7(4-5-16)15-11-10-8(2)9(3)17-12(10)14-6-13-11/h6-7,16H,4-5H2,1-3H3,(H,13,14,15). The van der Waals surface area contributed by atoms with Gasteiger partial charge in [0.25, 0.3) is 0 Å². The zero-order valence-corrected chi connectivity index (χ0v) is 11.1. The number of rotatable bonds is 4. The summed E-state index contributed by atoms with van der Waals surface area (Å²) in [7, 11) is 0. The summed E-state index contributed by atoms with van der Waals surface area (Å²) in [4.78, 5) is 10.9. The smallest absolute Gasteiger partial charge is 0.138 e. The fraction of sp³-hybridized carbons (Fsp3) is 0.500. The normalized spacial score (nSPS) is 12.9. The van der Waals surface area contributed by atoms with Crippen molar-refractivity contribution >= 4 is 27.4 Å². The predicted molar refractivity (Wildman–Crippen MR) is 71.7 cm³/mol. The van der Waals surface area contributed by atoms with E-state index in [1.54, 1.807) is 17.7 Å². The van der Waals surface area contributed by atoms with E-state index in [-0.39, 0.29) is 12.6 Å². The topological polar surface area (TPSA) is 58.0 Å². The SMILES string of the molecule is Cc1sc2ncnc(NC(C)CCO)c2c1C. The number of anilines is 1. The third-order valence-corrected chi connectivity index (χ3v) is 4.03. The highest BCUT2D eigenvalue weighted by Crippen LogP contribution is 2.32. The van der Waals surface area contributed by atoms with Crippen molar-refractivity contribution in [3.8, 4) is 0 Å². The molecule has 1 atom stereocenters. The van der Waals surface area contributed by atoms with E-state index in [0.29, 0.717) is 6.42 Å². The Morgan fingerprint density at radius 3 is 2.88 bits per heavy atom. The molecular formula is C12H17N3OS. The molecule has 0 saturated heterocycles. The Kier molecular flexibility index (Phi) is 3.59. The Morgan fingerprint density at radius 1 is 1.41 bits per heavy atom. The monoisotopic (exact) mass is 251 g/mol. The van der Waals surface area contributed by atoms with Crippen molar-refractivity contribution in [1.29, 1.82) is 0 Å². The van der Waals surface area contributed by atoms with Crippen LogP contribution < -0.4 is 5.32 Å². The number of aryl methyl sites for hydroxylation is 2. The van der Waals surface area contributed by atoms with Gasteiger partial charge in [0.15, 0.2) is 0 Å². The molecule has 0 saturated carbocycles. The number of aliphatic hydroxyl groups is 1. The van der Waals surface area contributed by atoms with Gasteiger partial charge in [-0.3, -0.25) is 0 Å². The van der Waals surface area contributed by atoms with E-state index in [9.17, 15) is 0 Å². The van der Waals surface area contributed by atoms with Crippen molar-refractivity contribution in [2.45, 2.75) is 33.2 Å². The number of hydrogen-bond acceptors (Lipinski definition) is 5. The van der Waals surface area contributed by atoms with E-state index in [1.165, 1.54) is 10.4 Å². The van der Waals surface area contributed by atoms with Crippen molar-refractivity contribution in [2.24, 2.45) is 0 Å². The summed E-state index contributed by atoms with van der Waals surface area (Å²) >= 11 is 1.69. The van der Waals surface area contributed by atoms with E-state index in [2.05, 4.69) is 29.1 Å². The minimum absolute atomic E-state index is 0.185. The van der Waals surface area contributed by atoms with Gasteiger partial charge in [0, 0.05) is 17.5 Å². The fourth-order valence-corrected chi connectivity index (χ4v) is 2.79. The number of thiophene rings is 1. The molecule has 2 heterocycles. The van der Waals surface area contributed by atoms with Crippen LogP contribution in [-0.2, 0) is 0 Å². The van der Waals surface area contributed by atoms with E-state index in [1.807, 2.05) is 6.92 Å². The molecule has 92 valence electrons. The summed E-state index contributed by atoms with van der Waals surface area (Å²) in [6.45, 7) is 6.42. The molecule has 0 aliphatic carbocycles. The minimum Gasteiger partial charge on any atom is -0.396 e. The van der Waals surface area contributed by atoms with Gasteiger partial charge in [0.2, 0.25) is 0 Å². The Hall–Kier alpha value is -1.20. The molecule has 2 aromatic heterocycles. The average Bonchev–Trinajstić information content (AvgIpc) is 2.56. The number of fused-ring (bicyclic) bond motifs is 1. The lowest BCUT2D eigenvalue weighted by Crippen LogP contribution is -2.17. The van der Waals surface area contributed by atoms with E-state index < -0.39 is 0 Å². The first-order valence-electron chi connectivity index (χ1n) is 5.71. The second-order valence-electron chi connectivity index (χ2n) is 4.24. The lowest BCUT2D eigenvalue weighted by Gasteiger charge is -2.13. The van der Waals surface area contributed by atoms with Crippen LogP contribution in [-0.4, -0.2) is 27.7 Å². The molecule has 5 heteroatoms. The quantitative estimate of drug-likeness (QED) is 0.876. The number of nitrogens with zero attached hydrogens (tertiary/aromatic N) is 2.